The van der Waals surface area contributed by atoms with Crippen LogP contribution in [-0.2, 0) is 22.6 Å². The summed E-state index contributed by atoms with van der Waals surface area (Å²) in [4.78, 5) is 24.7. The zero-order valence-corrected chi connectivity index (χ0v) is 15.7. The van der Waals surface area contributed by atoms with Crippen LogP contribution in [0.3, 0.4) is 0 Å². The van der Waals surface area contributed by atoms with Crippen molar-refractivity contribution in [2.24, 2.45) is 0 Å². The highest BCUT2D eigenvalue weighted by Crippen LogP contribution is 2.34. The number of ether oxygens (including phenoxy) is 1. The van der Waals surface area contributed by atoms with Crippen LogP contribution in [0.4, 0.5) is 13.2 Å². The first-order chi connectivity index (χ1) is 14.2. The van der Waals surface area contributed by atoms with E-state index in [9.17, 15) is 28.0 Å². The molecular formula is C21H14F3N3O3. The first kappa shape index (κ1) is 19.7. The predicted octanol–water partition coefficient (Wildman–Crippen LogP) is 3.69. The molecule has 0 amide bonds. The largest absolute Gasteiger partial charge is 0.491 e. The van der Waals surface area contributed by atoms with E-state index in [1.807, 2.05) is 19.2 Å². The second-order valence-corrected chi connectivity index (χ2v) is 7.02. The summed E-state index contributed by atoms with van der Waals surface area (Å²) in [5.74, 6) is -3.95. The molecule has 0 saturated heterocycles. The van der Waals surface area contributed by atoms with Gasteiger partial charge in [0.15, 0.2) is 0 Å². The number of carbonyl (C=O) groups excluding carboxylic acids is 2. The minimum absolute atomic E-state index is 0.198. The van der Waals surface area contributed by atoms with E-state index in [1.165, 1.54) is 24.3 Å². The molecule has 0 aliphatic carbocycles. The predicted molar refractivity (Wildman–Crippen MR) is 99.6 cm³/mol. The number of rotatable bonds is 2. The van der Waals surface area contributed by atoms with Crippen LogP contribution in [0.25, 0.3) is 16.6 Å². The van der Waals surface area contributed by atoms with Crippen LogP contribution in [0, 0.1) is 11.3 Å². The standard InChI is InChI=1S/C21H14F3N3O3/c1-26-9-13-4-7-17-18(16(13)11-26)14(8-25)10-27(17)15-5-2-12(3-6-15)19(28)30-20(29)21(22,23)24/h2-7,10H,9,11H2,1H3. The zero-order chi connectivity index (χ0) is 21.6. The Kier molecular flexibility index (Phi) is 4.59. The van der Waals surface area contributed by atoms with Crippen LogP contribution in [0.15, 0.2) is 42.6 Å². The van der Waals surface area contributed by atoms with E-state index in [-0.39, 0.29) is 5.56 Å². The molecule has 0 radical (unpaired) electrons. The Bertz CT molecular complexity index is 1220. The summed E-state index contributed by atoms with van der Waals surface area (Å²) in [5.41, 5.74) is 3.98. The Labute approximate surface area is 168 Å². The fourth-order valence-corrected chi connectivity index (χ4v) is 3.65. The van der Waals surface area contributed by atoms with Crippen LogP contribution in [0.5, 0.6) is 0 Å². The molecular weight excluding hydrogens is 399 g/mol. The maximum Gasteiger partial charge on any atom is 0.491 e. The van der Waals surface area contributed by atoms with Crippen LogP contribution < -0.4 is 0 Å². The van der Waals surface area contributed by atoms with Crippen molar-refractivity contribution in [3.05, 3.63) is 64.8 Å². The maximum atomic E-state index is 12.3. The molecule has 0 spiro atoms. The van der Waals surface area contributed by atoms with E-state index in [0.717, 1.165) is 35.1 Å². The molecule has 0 saturated carbocycles. The van der Waals surface area contributed by atoms with E-state index in [0.29, 0.717) is 11.3 Å². The SMILES string of the molecule is CN1Cc2ccc3c(c(C#N)cn3-c3ccc(C(=O)OC(=O)C(F)(F)F)cc3)c2C1. The summed E-state index contributed by atoms with van der Waals surface area (Å²) in [7, 11) is 2.00. The van der Waals surface area contributed by atoms with Crippen molar-refractivity contribution in [1.82, 2.24) is 9.47 Å². The summed E-state index contributed by atoms with van der Waals surface area (Å²) in [6.07, 6.45) is -3.56. The molecule has 30 heavy (non-hydrogen) atoms. The second-order valence-electron chi connectivity index (χ2n) is 7.02. The fourth-order valence-electron chi connectivity index (χ4n) is 3.65. The third-order valence-corrected chi connectivity index (χ3v) is 4.96. The average molecular weight is 413 g/mol. The molecule has 1 aliphatic rings. The van der Waals surface area contributed by atoms with Gasteiger partial charge in [0, 0.05) is 30.4 Å². The summed E-state index contributed by atoms with van der Waals surface area (Å²) >= 11 is 0. The van der Waals surface area contributed by atoms with Gasteiger partial charge in [0.25, 0.3) is 0 Å². The van der Waals surface area contributed by atoms with E-state index in [2.05, 4.69) is 15.7 Å². The second kappa shape index (κ2) is 7.00. The van der Waals surface area contributed by atoms with E-state index < -0.39 is 18.1 Å². The van der Waals surface area contributed by atoms with Crippen molar-refractivity contribution in [3.8, 4) is 11.8 Å². The number of nitriles is 1. The van der Waals surface area contributed by atoms with E-state index in [4.69, 9.17) is 0 Å². The molecule has 1 aromatic heterocycles. The minimum Gasteiger partial charge on any atom is -0.383 e. The molecule has 9 heteroatoms. The van der Waals surface area contributed by atoms with Crippen LogP contribution in [-0.4, -0.2) is 34.6 Å². The molecule has 152 valence electrons. The normalized spacial score (nSPS) is 13.8. The van der Waals surface area contributed by atoms with Crippen LogP contribution in [0.1, 0.15) is 27.0 Å². The maximum absolute atomic E-state index is 12.3. The number of halogens is 3. The number of carbonyl (C=O) groups is 2. The quantitative estimate of drug-likeness (QED) is 0.473. The van der Waals surface area contributed by atoms with Crippen molar-refractivity contribution < 1.29 is 27.5 Å². The molecule has 0 bridgehead atoms. The molecule has 0 atom stereocenters. The Morgan fingerprint density at radius 1 is 1.10 bits per heavy atom. The lowest BCUT2D eigenvalue weighted by Gasteiger charge is -2.09. The highest BCUT2D eigenvalue weighted by Gasteiger charge is 2.42. The molecule has 1 aliphatic heterocycles. The van der Waals surface area contributed by atoms with E-state index >= 15 is 0 Å². The number of hydrogen-bond acceptors (Lipinski definition) is 5. The Hall–Kier alpha value is -3.64. The van der Waals surface area contributed by atoms with Crippen LogP contribution in [0.2, 0.25) is 0 Å². The molecule has 6 nitrogen and oxygen atoms in total. The zero-order valence-electron chi connectivity index (χ0n) is 15.7. The third-order valence-electron chi connectivity index (χ3n) is 4.96. The molecule has 0 unspecified atom stereocenters. The lowest BCUT2D eigenvalue weighted by Crippen LogP contribution is -2.28. The lowest BCUT2D eigenvalue weighted by atomic mass is 10.0. The van der Waals surface area contributed by atoms with Crippen molar-refractivity contribution in [2.75, 3.05) is 7.05 Å². The smallest absolute Gasteiger partial charge is 0.383 e. The molecule has 2 aromatic carbocycles. The van der Waals surface area contributed by atoms with Gasteiger partial charge in [0.05, 0.1) is 16.6 Å². The van der Waals surface area contributed by atoms with Crippen molar-refractivity contribution in [3.63, 3.8) is 0 Å². The van der Waals surface area contributed by atoms with Crippen molar-refractivity contribution in [1.29, 1.82) is 5.26 Å². The van der Waals surface area contributed by atoms with Gasteiger partial charge in [0.2, 0.25) is 0 Å². The van der Waals surface area contributed by atoms with Crippen molar-refractivity contribution >= 4 is 22.8 Å². The first-order valence-electron chi connectivity index (χ1n) is 8.87. The number of nitrogens with zero attached hydrogens (tertiary/aromatic N) is 3. The number of benzene rings is 2. The van der Waals surface area contributed by atoms with Gasteiger partial charge >= 0.3 is 18.1 Å². The lowest BCUT2D eigenvalue weighted by molar-refractivity contribution is -0.193. The first-order valence-corrected chi connectivity index (χ1v) is 8.87. The van der Waals surface area contributed by atoms with Gasteiger partial charge in [-0.25, -0.2) is 9.59 Å². The number of esters is 2. The third kappa shape index (κ3) is 3.31. The fraction of sp³-hybridized carbons (Fsp3) is 0.190. The Morgan fingerprint density at radius 2 is 1.80 bits per heavy atom. The number of alkyl halides is 3. The number of aromatic nitrogens is 1. The number of fused-ring (bicyclic) bond motifs is 3. The van der Waals surface area contributed by atoms with E-state index in [1.54, 1.807) is 10.8 Å². The molecule has 3 aromatic rings. The summed E-state index contributed by atoms with van der Waals surface area (Å²) in [6, 6.07) is 11.7. The average Bonchev–Trinajstić information content (AvgIpc) is 3.26. The summed E-state index contributed by atoms with van der Waals surface area (Å²) in [6.45, 7) is 1.53. The molecule has 2 heterocycles. The summed E-state index contributed by atoms with van der Waals surface area (Å²) < 4.78 is 42.4. The molecule has 0 N–H and O–H groups in total. The van der Waals surface area contributed by atoms with Gasteiger partial charge < -0.3 is 9.30 Å². The number of hydrogen-bond donors (Lipinski definition) is 0. The van der Waals surface area contributed by atoms with Crippen molar-refractivity contribution in [2.45, 2.75) is 19.3 Å². The monoisotopic (exact) mass is 413 g/mol. The summed E-state index contributed by atoms with van der Waals surface area (Å²) in [5, 5.41) is 10.5. The van der Waals surface area contributed by atoms with Crippen LogP contribution >= 0.6 is 0 Å². The molecule has 4 rings (SSSR count). The Morgan fingerprint density at radius 3 is 2.43 bits per heavy atom. The minimum atomic E-state index is -5.25. The van der Waals surface area contributed by atoms with Gasteiger partial charge in [-0.15, -0.1) is 0 Å². The Balaban J connectivity index is 1.69. The van der Waals surface area contributed by atoms with Gasteiger partial charge in [0.1, 0.15) is 6.07 Å². The van der Waals surface area contributed by atoms with Gasteiger partial charge in [-0.3, -0.25) is 4.90 Å². The van der Waals surface area contributed by atoms with Gasteiger partial charge in [-0.05, 0) is 48.5 Å². The van der Waals surface area contributed by atoms with Gasteiger partial charge in [-0.2, -0.15) is 18.4 Å². The highest BCUT2D eigenvalue weighted by atomic mass is 19.4. The molecule has 0 fully saturated rings. The topological polar surface area (TPSA) is 75.3 Å². The highest BCUT2D eigenvalue weighted by molar-refractivity contribution is 5.98. The van der Waals surface area contributed by atoms with Gasteiger partial charge in [-0.1, -0.05) is 6.07 Å².